The van der Waals surface area contributed by atoms with Gasteiger partial charge in [0.05, 0.1) is 18.2 Å². The van der Waals surface area contributed by atoms with E-state index in [1.807, 2.05) is 0 Å². The number of carboxylic acid groups (broad SMARTS) is 1. The average molecular weight is 196 g/mol. The number of carbonyl (C=O) groups is 1. The van der Waals surface area contributed by atoms with E-state index >= 15 is 0 Å². The van der Waals surface area contributed by atoms with Gasteiger partial charge in [-0.1, -0.05) is 0 Å². The second kappa shape index (κ2) is 3.09. The maximum absolute atomic E-state index is 10.6. The Morgan fingerprint density at radius 2 is 2.43 bits per heavy atom. The van der Waals surface area contributed by atoms with Crippen molar-refractivity contribution >= 4 is 5.97 Å². The number of carboxylic acids is 1. The molecule has 1 aliphatic rings. The van der Waals surface area contributed by atoms with Gasteiger partial charge in [0.2, 0.25) is 0 Å². The third-order valence-corrected chi connectivity index (χ3v) is 2.59. The molecule has 0 radical (unpaired) electrons. The Kier molecular flexibility index (Phi) is 2.03. The number of aliphatic carboxylic acids is 1. The molecule has 0 aliphatic heterocycles. The van der Waals surface area contributed by atoms with Gasteiger partial charge in [0.1, 0.15) is 0 Å². The van der Waals surface area contributed by atoms with Crippen LogP contribution in [0, 0.1) is 0 Å². The largest absolute Gasteiger partial charge is 0.481 e. The molecule has 5 nitrogen and oxygen atoms in total. The Morgan fingerprint density at radius 1 is 1.71 bits per heavy atom. The summed E-state index contributed by atoms with van der Waals surface area (Å²) in [5.41, 5.74) is 2.20. The zero-order chi connectivity index (χ0) is 10.3. The van der Waals surface area contributed by atoms with Gasteiger partial charge >= 0.3 is 5.97 Å². The van der Waals surface area contributed by atoms with Crippen molar-refractivity contribution < 1.29 is 15.0 Å². The van der Waals surface area contributed by atoms with Crippen molar-refractivity contribution in [2.24, 2.45) is 7.05 Å². The van der Waals surface area contributed by atoms with E-state index < -0.39 is 12.1 Å². The highest BCUT2D eigenvalue weighted by atomic mass is 16.4. The van der Waals surface area contributed by atoms with Crippen LogP contribution in [0.15, 0.2) is 0 Å². The molecule has 0 bridgehead atoms. The molecule has 1 aliphatic carbocycles. The Bertz CT molecular complexity index is 384. The first kappa shape index (κ1) is 9.21. The van der Waals surface area contributed by atoms with Crippen molar-refractivity contribution in [1.82, 2.24) is 9.78 Å². The third kappa shape index (κ3) is 1.29. The highest BCUT2D eigenvalue weighted by Gasteiger charge is 2.29. The second-order valence-electron chi connectivity index (χ2n) is 3.56. The minimum atomic E-state index is -0.912. The van der Waals surface area contributed by atoms with Gasteiger partial charge in [0.25, 0.3) is 0 Å². The van der Waals surface area contributed by atoms with E-state index in [0.717, 1.165) is 17.7 Å². The summed E-state index contributed by atoms with van der Waals surface area (Å²) in [6.45, 7) is 0. The van der Waals surface area contributed by atoms with Gasteiger partial charge in [-0.15, -0.1) is 0 Å². The molecule has 0 fully saturated rings. The van der Waals surface area contributed by atoms with Crippen LogP contribution in [0.25, 0.3) is 0 Å². The predicted octanol–water partition coefficient (Wildman–Crippen LogP) is 0.0268. The molecule has 76 valence electrons. The molecule has 1 aromatic heterocycles. The van der Waals surface area contributed by atoms with Crippen LogP contribution in [0.4, 0.5) is 0 Å². The topological polar surface area (TPSA) is 75.4 Å². The SMILES string of the molecule is Cn1nc(CC(=O)O)c2c1CCC2O. The van der Waals surface area contributed by atoms with E-state index in [1.54, 1.807) is 11.7 Å². The van der Waals surface area contributed by atoms with E-state index in [9.17, 15) is 9.90 Å². The Hall–Kier alpha value is -1.36. The van der Waals surface area contributed by atoms with Crippen LogP contribution >= 0.6 is 0 Å². The zero-order valence-electron chi connectivity index (χ0n) is 7.90. The molecular formula is C9H12N2O3. The van der Waals surface area contributed by atoms with Crippen LogP contribution in [0.1, 0.15) is 29.5 Å². The lowest BCUT2D eigenvalue weighted by Gasteiger charge is -2.01. The smallest absolute Gasteiger partial charge is 0.309 e. The quantitative estimate of drug-likeness (QED) is 0.699. The molecule has 0 amide bonds. The predicted molar refractivity (Wildman–Crippen MR) is 47.8 cm³/mol. The molecule has 0 saturated carbocycles. The molecule has 1 unspecified atom stereocenters. The lowest BCUT2D eigenvalue weighted by molar-refractivity contribution is -0.136. The third-order valence-electron chi connectivity index (χ3n) is 2.59. The highest BCUT2D eigenvalue weighted by Crippen LogP contribution is 2.33. The standard InChI is InChI=1S/C9H12N2O3/c1-11-6-2-3-7(12)9(6)5(10-11)4-8(13)14/h7,12H,2-4H2,1H3,(H,13,14). The molecule has 14 heavy (non-hydrogen) atoms. The minimum Gasteiger partial charge on any atom is -0.481 e. The van der Waals surface area contributed by atoms with E-state index in [1.165, 1.54) is 0 Å². The first-order valence-corrected chi connectivity index (χ1v) is 4.54. The van der Waals surface area contributed by atoms with Gasteiger partial charge in [0.15, 0.2) is 0 Å². The van der Waals surface area contributed by atoms with Gasteiger partial charge in [0, 0.05) is 18.3 Å². The van der Waals surface area contributed by atoms with Crippen molar-refractivity contribution in [3.05, 3.63) is 17.0 Å². The molecule has 0 saturated heterocycles. The summed E-state index contributed by atoms with van der Waals surface area (Å²) in [4.78, 5) is 10.6. The molecule has 1 aromatic rings. The highest BCUT2D eigenvalue weighted by molar-refractivity contribution is 5.70. The minimum absolute atomic E-state index is 0.111. The molecule has 5 heteroatoms. The number of aliphatic hydroxyl groups is 1. The molecule has 0 spiro atoms. The van der Waals surface area contributed by atoms with Crippen molar-refractivity contribution in [2.75, 3.05) is 0 Å². The van der Waals surface area contributed by atoms with Gasteiger partial charge in [-0.2, -0.15) is 5.10 Å². The number of aromatic nitrogens is 2. The molecule has 2 N–H and O–H groups in total. The monoisotopic (exact) mass is 196 g/mol. The molecule has 2 rings (SSSR count). The fraction of sp³-hybridized carbons (Fsp3) is 0.556. The summed E-state index contributed by atoms with van der Waals surface area (Å²) in [5.74, 6) is -0.912. The van der Waals surface area contributed by atoms with Crippen molar-refractivity contribution in [1.29, 1.82) is 0 Å². The maximum atomic E-state index is 10.6. The maximum Gasteiger partial charge on any atom is 0.309 e. The van der Waals surface area contributed by atoms with Gasteiger partial charge < -0.3 is 10.2 Å². The summed E-state index contributed by atoms with van der Waals surface area (Å²) < 4.78 is 1.67. The summed E-state index contributed by atoms with van der Waals surface area (Å²) in [6.07, 6.45) is 0.807. The molecular weight excluding hydrogens is 184 g/mol. The number of rotatable bonds is 2. The van der Waals surface area contributed by atoms with E-state index in [-0.39, 0.29) is 6.42 Å². The van der Waals surface area contributed by atoms with Gasteiger partial charge in [-0.05, 0) is 12.8 Å². The fourth-order valence-electron chi connectivity index (χ4n) is 2.01. The van der Waals surface area contributed by atoms with Crippen molar-refractivity contribution in [3.63, 3.8) is 0 Å². The Labute approximate surface area is 81.0 Å². The Morgan fingerprint density at radius 3 is 3.07 bits per heavy atom. The lowest BCUT2D eigenvalue weighted by Crippen LogP contribution is -2.05. The van der Waals surface area contributed by atoms with Crippen molar-refractivity contribution in [2.45, 2.75) is 25.4 Å². The lowest BCUT2D eigenvalue weighted by atomic mass is 10.1. The van der Waals surface area contributed by atoms with Crippen LogP contribution in [0.2, 0.25) is 0 Å². The normalized spacial score (nSPS) is 19.7. The van der Waals surface area contributed by atoms with Crippen molar-refractivity contribution in [3.8, 4) is 0 Å². The Balaban J connectivity index is 2.42. The van der Waals surface area contributed by atoms with E-state index in [0.29, 0.717) is 12.1 Å². The van der Waals surface area contributed by atoms with E-state index in [4.69, 9.17) is 5.11 Å². The molecule has 1 heterocycles. The number of fused-ring (bicyclic) bond motifs is 1. The number of hydrogen-bond donors (Lipinski definition) is 2. The summed E-state index contributed by atoms with van der Waals surface area (Å²) in [6, 6.07) is 0. The van der Waals surface area contributed by atoms with Crippen LogP contribution in [0.5, 0.6) is 0 Å². The molecule has 1 atom stereocenters. The van der Waals surface area contributed by atoms with Gasteiger partial charge in [-0.25, -0.2) is 0 Å². The number of aliphatic hydroxyl groups excluding tert-OH is 1. The first-order valence-electron chi connectivity index (χ1n) is 4.54. The summed E-state index contributed by atoms with van der Waals surface area (Å²) in [7, 11) is 1.78. The zero-order valence-corrected chi connectivity index (χ0v) is 7.90. The first-order chi connectivity index (χ1) is 6.59. The average Bonchev–Trinajstić information content (AvgIpc) is 2.56. The number of hydrogen-bond acceptors (Lipinski definition) is 3. The van der Waals surface area contributed by atoms with Crippen LogP contribution in [0.3, 0.4) is 0 Å². The number of aryl methyl sites for hydroxylation is 1. The van der Waals surface area contributed by atoms with Crippen LogP contribution in [-0.4, -0.2) is 26.0 Å². The number of nitrogens with zero attached hydrogens (tertiary/aromatic N) is 2. The van der Waals surface area contributed by atoms with Gasteiger partial charge in [-0.3, -0.25) is 9.48 Å². The molecule has 0 aromatic carbocycles. The van der Waals surface area contributed by atoms with Crippen LogP contribution in [-0.2, 0) is 24.7 Å². The van der Waals surface area contributed by atoms with Crippen LogP contribution < -0.4 is 0 Å². The van der Waals surface area contributed by atoms with E-state index in [2.05, 4.69) is 5.10 Å². The summed E-state index contributed by atoms with van der Waals surface area (Å²) in [5, 5.41) is 22.4. The fourth-order valence-corrected chi connectivity index (χ4v) is 2.01. The second-order valence-corrected chi connectivity index (χ2v) is 3.56. The summed E-state index contributed by atoms with van der Waals surface area (Å²) >= 11 is 0.